The monoisotopic (exact) mass is 490 g/mol. The molecule has 0 fully saturated rings. The molecule has 1 N–H and O–H groups in total. The zero-order valence-electron chi connectivity index (χ0n) is 18.3. The fraction of sp³-hybridized carbons (Fsp3) is 0.812. The van der Waals surface area contributed by atoms with E-state index in [2.05, 4.69) is 56.3 Å². The lowest BCUT2D eigenvalue weighted by Gasteiger charge is -2.30. The highest BCUT2D eigenvalue weighted by atomic mass is 32.2. The maximum Gasteiger partial charge on any atom is 0.321 e. The van der Waals surface area contributed by atoms with Gasteiger partial charge in [-0.3, -0.25) is 4.79 Å². The van der Waals surface area contributed by atoms with Crippen LogP contribution in [0.15, 0.2) is 5.16 Å². The van der Waals surface area contributed by atoms with Crippen LogP contribution in [0.1, 0.15) is 24.4 Å². The summed E-state index contributed by atoms with van der Waals surface area (Å²) in [6, 6.07) is 0. The van der Waals surface area contributed by atoms with Crippen LogP contribution in [-0.4, -0.2) is 113 Å². The Morgan fingerprint density at radius 1 is 1.06 bits per heavy atom. The summed E-state index contributed by atoms with van der Waals surface area (Å²) >= 11 is 10.4. The zero-order chi connectivity index (χ0) is 23.2. The number of aliphatic carboxylic acids is 1. The van der Waals surface area contributed by atoms with Crippen LogP contribution < -0.4 is 0 Å². The van der Waals surface area contributed by atoms with Gasteiger partial charge in [-0.2, -0.15) is 25.3 Å². The number of tetrazole rings is 2. The Morgan fingerprint density at radius 3 is 2.19 bits per heavy atom. The minimum atomic E-state index is -1.30. The molecule has 0 aliphatic heterocycles. The average Bonchev–Trinajstić information content (AvgIpc) is 3.33. The number of carboxylic acid groups (broad SMARTS) is 1. The van der Waals surface area contributed by atoms with Crippen molar-refractivity contribution in [3.8, 4) is 0 Å². The Labute approximate surface area is 196 Å². The van der Waals surface area contributed by atoms with Gasteiger partial charge in [0.25, 0.3) is 0 Å². The highest BCUT2D eigenvalue weighted by Gasteiger charge is 2.43. The minimum Gasteiger partial charge on any atom is -0.480 e. The van der Waals surface area contributed by atoms with E-state index in [1.165, 1.54) is 0 Å². The zero-order valence-corrected chi connectivity index (χ0v) is 20.9. The molecule has 0 aromatic carbocycles. The van der Waals surface area contributed by atoms with Crippen molar-refractivity contribution in [2.75, 3.05) is 41.3 Å². The lowest BCUT2D eigenvalue weighted by atomic mass is 10.0. The van der Waals surface area contributed by atoms with E-state index in [1.54, 1.807) is 16.3 Å². The van der Waals surface area contributed by atoms with Gasteiger partial charge in [0.1, 0.15) is 4.75 Å². The minimum absolute atomic E-state index is 0.337. The molecule has 0 radical (unpaired) electrons. The molecule has 2 rings (SSSR count). The molecule has 31 heavy (non-hydrogen) atoms. The van der Waals surface area contributed by atoms with Crippen LogP contribution in [0, 0.1) is 0 Å². The van der Waals surface area contributed by atoms with Gasteiger partial charge in [0.2, 0.25) is 5.16 Å². The number of thiol groups is 2. The lowest BCUT2D eigenvalue weighted by molar-refractivity contribution is -0.139. The summed E-state index contributed by atoms with van der Waals surface area (Å²) in [5.41, 5.74) is 0. The molecular weight excluding hydrogens is 460 g/mol. The number of carbonyl (C=O) groups is 1. The van der Waals surface area contributed by atoms with Crippen molar-refractivity contribution in [2.45, 2.75) is 46.8 Å². The Bertz CT molecular complexity index is 845. The van der Waals surface area contributed by atoms with Crippen LogP contribution in [0.4, 0.5) is 0 Å². The first-order valence-electron chi connectivity index (χ1n) is 9.64. The number of rotatable bonds is 13. The quantitative estimate of drug-likeness (QED) is 0.260. The highest BCUT2D eigenvalue weighted by Crippen LogP contribution is 2.41. The van der Waals surface area contributed by atoms with Gasteiger partial charge < -0.3 is 14.9 Å². The molecule has 0 bridgehead atoms. The highest BCUT2D eigenvalue weighted by molar-refractivity contribution is 8.02. The molecule has 0 aliphatic rings. The Morgan fingerprint density at radius 2 is 1.61 bits per heavy atom. The molecule has 2 aromatic heterocycles. The lowest BCUT2D eigenvalue weighted by Crippen LogP contribution is -2.42. The Kier molecular flexibility index (Phi) is 9.54. The van der Waals surface area contributed by atoms with E-state index in [0.29, 0.717) is 30.5 Å². The molecule has 2 aromatic rings. The molecule has 3 unspecified atom stereocenters. The number of hydrogen-bond acceptors (Lipinski definition) is 12. The van der Waals surface area contributed by atoms with E-state index in [4.69, 9.17) is 0 Å². The number of carboxylic acids is 1. The second-order valence-electron chi connectivity index (χ2n) is 7.83. The first kappa shape index (κ1) is 25.8. The molecule has 0 amide bonds. The van der Waals surface area contributed by atoms with Crippen molar-refractivity contribution in [1.29, 1.82) is 0 Å². The average molecular weight is 491 g/mol. The summed E-state index contributed by atoms with van der Waals surface area (Å²) in [5, 5.41) is 33.0. The Balaban J connectivity index is 2.13. The standard InChI is InChI=1S/C16H30N10O2S3/c1-16(14(27)28,31-15-18-20-22-26(15)9-7-24(4)5)12(30)10-11(29)13-17-19-21-25(13)8-6-23(2)3/h11-12,29-30H,6-10H2,1-5H3,(H,27,28). The number of nitrogens with zero attached hydrogens (tertiary/aromatic N) is 10. The smallest absolute Gasteiger partial charge is 0.321 e. The van der Waals surface area contributed by atoms with Crippen molar-refractivity contribution in [3.63, 3.8) is 0 Å². The predicted octanol–water partition coefficient (Wildman–Crippen LogP) is 0.0778. The van der Waals surface area contributed by atoms with Gasteiger partial charge in [-0.1, -0.05) is 11.8 Å². The molecule has 3 atom stereocenters. The molecule has 15 heteroatoms. The molecule has 12 nitrogen and oxygen atoms in total. The van der Waals surface area contributed by atoms with Crippen molar-refractivity contribution in [1.82, 2.24) is 50.2 Å². The maximum absolute atomic E-state index is 12.2. The summed E-state index contributed by atoms with van der Waals surface area (Å²) in [6.07, 6.45) is 0.337. The number of aromatic nitrogens is 8. The number of hydrogen-bond donors (Lipinski definition) is 3. The molecule has 0 saturated heterocycles. The summed E-state index contributed by atoms with van der Waals surface area (Å²) in [5.74, 6) is -0.426. The van der Waals surface area contributed by atoms with Crippen molar-refractivity contribution in [2.24, 2.45) is 0 Å². The van der Waals surface area contributed by atoms with Gasteiger partial charge in [0.15, 0.2) is 5.82 Å². The summed E-state index contributed by atoms with van der Waals surface area (Å²) in [7, 11) is 7.82. The van der Waals surface area contributed by atoms with E-state index in [1.807, 2.05) is 38.0 Å². The van der Waals surface area contributed by atoms with E-state index >= 15 is 0 Å². The fourth-order valence-corrected chi connectivity index (χ4v) is 4.65. The van der Waals surface area contributed by atoms with E-state index in [0.717, 1.165) is 24.9 Å². The number of likely N-dealkylation sites (N-methyl/N-ethyl adjacent to an activating group) is 2. The van der Waals surface area contributed by atoms with E-state index < -0.39 is 16.0 Å². The topological polar surface area (TPSA) is 131 Å². The fourth-order valence-electron chi connectivity index (χ4n) is 2.59. The van der Waals surface area contributed by atoms with E-state index in [-0.39, 0.29) is 5.25 Å². The van der Waals surface area contributed by atoms with Gasteiger partial charge >= 0.3 is 5.97 Å². The van der Waals surface area contributed by atoms with Crippen molar-refractivity contribution in [3.05, 3.63) is 5.82 Å². The molecular formula is C16H30N10O2S3. The van der Waals surface area contributed by atoms with Crippen LogP contribution in [0.5, 0.6) is 0 Å². The first-order valence-corrected chi connectivity index (χ1v) is 11.5. The first-order chi connectivity index (χ1) is 14.5. The summed E-state index contributed by atoms with van der Waals surface area (Å²) in [6.45, 7) is 4.26. The van der Waals surface area contributed by atoms with Crippen LogP contribution in [0.3, 0.4) is 0 Å². The largest absolute Gasteiger partial charge is 0.480 e. The van der Waals surface area contributed by atoms with Crippen LogP contribution in [-0.2, 0) is 17.9 Å². The molecule has 0 spiro atoms. The maximum atomic E-state index is 12.2. The van der Waals surface area contributed by atoms with E-state index in [9.17, 15) is 9.90 Å². The van der Waals surface area contributed by atoms with Gasteiger partial charge in [0, 0.05) is 18.3 Å². The van der Waals surface area contributed by atoms with Gasteiger partial charge in [0.05, 0.1) is 18.3 Å². The predicted molar refractivity (Wildman–Crippen MR) is 124 cm³/mol. The molecule has 0 saturated carbocycles. The van der Waals surface area contributed by atoms with Gasteiger partial charge in [-0.05, 0) is 62.4 Å². The third-order valence-corrected chi connectivity index (χ3v) is 7.39. The van der Waals surface area contributed by atoms with Crippen molar-refractivity contribution >= 4 is 43.0 Å². The second kappa shape index (κ2) is 11.4. The van der Waals surface area contributed by atoms with Crippen LogP contribution in [0.25, 0.3) is 0 Å². The molecule has 0 aliphatic carbocycles. The summed E-state index contributed by atoms with van der Waals surface area (Å²) < 4.78 is 1.99. The third-order valence-electron chi connectivity index (χ3n) is 4.69. The van der Waals surface area contributed by atoms with Gasteiger partial charge in [-0.15, -0.1) is 10.2 Å². The van der Waals surface area contributed by atoms with Gasteiger partial charge in [-0.25, -0.2) is 9.36 Å². The van der Waals surface area contributed by atoms with Crippen LogP contribution in [0.2, 0.25) is 0 Å². The second-order valence-corrected chi connectivity index (χ2v) is 10.5. The SMILES string of the molecule is CN(C)CCn1nnnc1SC(C)(C(=O)O)C(S)CC(S)c1nnnn1CCN(C)C. The van der Waals surface area contributed by atoms with Crippen molar-refractivity contribution < 1.29 is 9.90 Å². The van der Waals surface area contributed by atoms with Crippen LogP contribution >= 0.6 is 37.0 Å². The summed E-state index contributed by atoms with van der Waals surface area (Å²) in [4.78, 5) is 16.3. The normalized spacial score (nSPS) is 15.9. The molecule has 2 heterocycles. The third kappa shape index (κ3) is 7.03. The molecule has 174 valence electrons. The Hall–Kier alpha value is -1.42. The number of thioether (sulfide) groups is 1.